The summed E-state index contributed by atoms with van der Waals surface area (Å²) in [6.07, 6.45) is 0. The van der Waals surface area contributed by atoms with Crippen LogP contribution >= 0.6 is 15.9 Å². The molecule has 11 heteroatoms. The van der Waals surface area contributed by atoms with Gasteiger partial charge >= 0.3 is 0 Å². The number of carbonyl (C=O) groups is 2. The Morgan fingerprint density at radius 1 is 1.06 bits per heavy atom. The van der Waals surface area contributed by atoms with E-state index in [1.54, 1.807) is 31.4 Å². The molecule has 10 nitrogen and oxygen atoms in total. The fourth-order valence-corrected chi connectivity index (χ4v) is 3.78. The van der Waals surface area contributed by atoms with E-state index < -0.39 is 23.9 Å². The first kappa shape index (κ1) is 19.4. The Balaban J connectivity index is 1.34. The lowest BCUT2D eigenvalue weighted by atomic mass is 10.1. The quantitative estimate of drug-likeness (QED) is 0.513. The Bertz CT molecular complexity index is 1180. The zero-order chi connectivity index (χ0) is 21.5. The third-order valence-electron chi connectivity index (χ3n) is 5.06. The number of halogens is 1. The van der Waals surface area contributed by atoms with Crippen molar-refractivity contribution in [1.82, 2.24) is 15.1 Å². The number of ether oxygens (including phenoxy) is 1. The van der Waals surface area contributed by atoms with Gasteiger partial charge in [-0.2, -0.15) is 10.1 Å². The fourth-order valence-electron chi connectivity index (χ4n) is 3.51. The van der Waals surface area contributed by atoms with Crippen molar-refractivity contribution >= 4 is 33.4 Å². The van der Waals surface area contributed by atoms with Gasteiger partial charge in [0.25, 0.3) is 11.8 Å². The molecule has 3 heterocycles. The number of hydrogen-bond donors (Lipinski definition) is 0. The molecule has 0 aliphatic carbocycles. The van der Waals surface area contributed by atoms with Crippen molar-refractivity contribution in [3.8, 4) is 17.1 Å². The first-order chi connectivity index (χ1) is 15.0. The smallest absolute Gasteiger partial charge is 0.263 e. The Morgan fingerprint density at radius 3 is 2.52 bits per heavy atom. The maximum absolute atomic E-state index is 13.1. The molecule has 0 spiro atoms. The molecular weight excluding hydrogens is 468 g/mol. The molecule has 31 heavy (non-hydrogen) atoms. The highest BCUT2D eigenvalue weighted by atomic mass is 79.9. The zero-order valence-corrected chi connectivity index (χ0v) is 17.8. The van der Waals surface area contributed by atoms with Gasteiger partial charge in [0.2, 0.25) is 11.7 Å². The van der Waals surface area contributed by atoms with Crippen LogP contribution in [0, 0.1) is 0 Å². The molecular formula is C20H15BrN6O4. The number of aromatic nitrogens is 2. The molecule has 0 N–H and O–H groups in total. The van der Waals surface area contributed by atoms with E-state index in [0.717, 1.165) is 14.9 Å². The van der Waals surface area contributed by atoms with Crippen molar-refractivity contribution in [2.45, 2.75) is 18.6 Å². The van der Waals surface area contributed by atoms with E-state index in [1.165, 1.54) is 5.01 Å². The molecule has 2 aliphatic rings. The number of amides is 2. The van der Waals surface area contributed by atoms with Crippen molar-refractivity contribution in [1.29, 1.82) is 0 Å². The van der Waals surface area contributed by atoms with Gasteiger partial charge in [-0.25, -0.2) is 4.90 Å². The Hall–Kier alpha value is -3.60. The number of benzene rings is 2. The number of imide groups is 1. The minimum Gasteiger partial charge on any atom is -0.497 e. The predicted molar refractivity (Wildman–Crippen MR) is 111 cm³/mol. The van der Waals surface area contributed by atoms with Gasteiger partial charge in [0.05, 0.1) is 12.8 Å². The third-order valence-corrected chi connectivity index (χ3v) is 5.58. The highest BCUT2D eigenvalue weighted by Crippen LogP contribution is 2.33. The van der Waals surface area contributed by atoms with Crippen LogP contribution in [-0.4, -0.2) is 46.2 Å². The predicted octanol–water partition coefficient (Wildman–Crippen LogP) is 3.00. The second-order valence-electron chi connectivity index (χ2n) is 6.92. The monoisotopic (exact) mass is 482 g/mol. The molecule has 2 atom stereocenters. The number of nitrogens with zero attached hydrogens (tertiary/aromatic N) is 6. The van der Waals surface area contributed by atoms with Crippen molar-refractivity contribution in [2.24, 2.45) is 10.3 Å². The Kier molecular flexibility index (Phi) is 4.74. The molecule has 2 aliphatic heterocycles. The van der Waals surface area contributed by atoms with E-state index in [1.807, 2.05) is 24.3 Å². The lowest BCUT2D eigenvalue weighted by molar-refractivity contribution is -0.123. The molecule has 0 saturated carbocycles. The van der Waals surface area contributed by atoms with E-state index in [0.29, 0.717) is 17.3 Å². The van der Waals surface area contributed by atoms with Crippen LogP contribution in [0.4, 0.5) is 5.69 Å². The number of carbonyl (C=O) groups excluding carboxylic acids is 2. The van der Waals surface area contributed by atoms with Gasteiger partial charge in [-0.15, -0.1) is 0 Å². The minimum absolute atomic E-state index is 0.0592. The first-order valence-corrected chi connectivity index (χ1v) is 10.1. The van der Waals surface area contributed by atoms with Crippen LogP contribution in [0.3, 0.4) is 0 Å². The average molecular weight is 483 g/mol. The topological polar surface area (TPSA) is 113 Å². The first-order valence-electron chi connectivity index (χ1n) is 9.33. The van der Waals surface area contributed by atoms with Gasteiger partial charge in [-0.1, -0.05) is 26.3 Å². The molecule has 1 saturated heterocycles. The molecule has 3 aromatic rings. The normalized spacial score (nSPS) is 19.9. The Morgan fingerprint density at radius 2 is 1.81 bits per heavy atom. The van der Waals surface area contributed by atoms with Crippen LogP contribution < -0.4 is 9.64 Å². The van der Waals surface area contributed by atoms with Crippen molar-refractivity contribution in [2.75, 3.05) is 12.0 Å². The summed E-state index contributed by atoms with van der Waals surface area (Å²) in [5.74, 6) is 0.483. The molecule has 0 unspecified atom stereocenters. The summed E-state index contributed by atoms with van der Waals surface area (Å²) in [5.41, 5.74) is 1.24. The zero-order valence-electron chi connectivity index (χ0n) is 16.2. The van der Waals surface area contributed by atoms with Crippen LogP contribution in [0.1, 0.15) is 5.89 Å². The van der Waals surface area contributed by atoms with Crippen LogP contribution in [0.2, 0.25) is 0 Å². The largest absolute Gasteiger partial charge is 0.497 e. The number of methoxy groups -OCH3 is 1. The van der Waals surface area contributed by atoms with Crippen LogP contribution in [-0.2, 0) is 16.1 Å². The number of anilines is 1. The molecule has 0 bridgehead atoms. The lowest BCUT2D eigenvalue weighted by Crippen LogP contribution is -2.39. The van der Waals surface area contributed by atoms with E-state index in [9.17, 15) is 9.59 Å². The van der Waals surface area contributed by atoms with Gasteiger partial charge in [0.1, 0.15) is 12.3 Å². The van der Waals surface area contributed by atoms with E-state index >= 15 is 0 Å². The van der Waals surface area contributed by atoms with Gasteiger partial charge < -0.3 is 9.26 Å². The highest BCUT2D eigenvalue weighted by molar-refractivity contribution is 9.10. The minimum atomic E-state index is -0.900. The van der Waals surface area contributed by atoms with Crippen LogP contribution in [0.5, 0.6) is 5.75 Å². The Labute approximate surface area is 184 Å². The molecule has 1 aromatic heterocycles. The molecule has 0 radical (unpaired) electrons. The molecule has 2 aromatic carbocycles. The maximum atomic E-state index is 13.1. The van der Waals surface area contributed by atoms with Crippen molar-refractivity contribution in [3.63, 3.8) is 0 Å². The number of rotatable bonds is 5. The molecule has 1 fully saturated rings. The van der Waals surface area contributed by atoms with Gasteiger partial charge in [-0.05, 0) is 48.5 Å². The molecule has 2 amide bonds. The number of fused-ring (bicyclic) bond motifs is 1. The van der Waals surface area contributed by atoms with E-state index in [4.69, 9.17) is 9.26 Å². The summed E-state index contributed by atoms with van der Waals surface area (Å²) in [6, 6.07) is 12.4. The summed E-state index contributed by atoms with van der Waals surface area (Å²) in [5, 5.41) is 13.4. The molecule has 156 valence electrons. The third kappa shape index (κ3) is 3.36. The number of hydrogen-bond acceptors (Lipinski definition) is 9. The summed E-state index contributed by atoms with van der Waals surface area (Å²) in [7, 11) is 1.55. The SMILES string of the molecule is COc1ccc(N2C(=O)[C@H]3N=NN(Cc4nc(-c5ccc(Br)cc5)no4)[C@@H]3C2=O)cc1. The van der Waals surface area contributed by atoms with E-state index in [-0.39, 0.29) is 12.4 Å². The summed E-state index contributed by atoms with van der Waals surface area (Å²) in [4.78, 5) is 31.4. The summed E-state index contributed by atoms with van der Waals surface area (Å²) in [6.45, 7) is 0.0592. The van der Waals surface area contributed by atoms with Gasteiger partial charge in [0.15, 0.2) is 12.1 Å². The average Bonchev–Trinajstić information content (AvgIpc) is 3.47. The highest BCUT2D eigenvalue weighted by Gasteiger charge is 2.55. The van der Waals surface area contributed by atoms with Crippen molar-refractivity contribution in [3.05, 3.63) is 58.9 Å². The summed E-state index contributed by atoms with van der Waals surface area (Å²) < 4.78 is 11.4. The lowest BCUT2D eigenvalue weighted by Gasteiger charge is -2.19. The standard InChI is InChI=1S/C20H15BrN6O4/c1-30-14-8-6-13(7-9-14)27-19(28)16-17(20(27)29)26(25-23-16)10-15-22-18(24-31-15)11-2-4-12(21)5-3-11/h2-9,16-17H,10H2,1H3/t16-,17-/m0/s1. The van der Waals surface area contributed by atoms with Gasteiger partial charge in [0, 0.05) is 10.0 Å². The second kappa shape index (κ2) is 7.58. The fraction of sp³-hybridized carbons (Fsp3) is 0.200. The summed E-state index contributed by atoms with van der Waals surface area (Å²) >= 11 is 3.38. The van der Waals surface area contributed by atoms with Gasteiger partial charge in [-0.3, -0.25) is 14.6 Å². The molecule has 5 rings (SSSR count). The van der Waals surface area contributed by atoms with Crippen molar-refractivity contribution < 1.29 is 18.8 Å². The van der Waals surface area contributed by atoms with Crippen LogP contribution in [0.15, 0.2) is 67.9 Å². The van der Waals surface area contributed by atoms with E-state index in [2.05, 4.69) is 36.4 Å². The van der Waals surface area contributed by atoms with Crippen LogP contribution in [0.25, 0.3) is 11.4 Å². The maximum Gasteiger partial charge on any atom is 0.263 e. The second-order valence-corrected chi connectivity index (χ2v) is 7.84.